The highest BCUT2D eigenvalue weighted by Gasteiger charge is 2.37. The number of aromatic nitrogens is 2. The van der Waals surface area contributed by atoms with E-state index in [4.69, 9.17) is 0 Å². The lowest BCUT2D eigenvalue weighted by molar-refractivity contribution is -0.141. The van der Waals surface area contributed by atoms with Crippen LogP contribution in [0.3, 0.4) is 0 Å². The first kappa shape index (κ1) is 17.6. The minimum absolute atomic E-state index is 0.00680. The van der Waals surface area contributed by atoms with Crippen molar-refractivity contribution in [2.45, 2.75) is 19.1 Å². The third-order valence-corrected chi connectivity index (χ3v) is 5.00. The maximum Gasteiger partial charge on any atom is 0.433 e. The minimum atomic E-state index is -4.47. The largest absolute Gasteiger partial charge is 0.433 e. The van der Waals surface area contributed by atoms with Gasteiger partial charge in [0.25, 0.3) is 0 Å². The second-order valence-corrected chi connectivity index (χ2v) is 6.67. The van der Waals surface area contributed by atoms with Crippen LogP contribution in [0.25, 0.3) is 0 Å². The number of amides is 1. The summed E-state index contributed by atoms with van der Waals surface area (Å²) in [6, 6.07) is 6.12. The van der Waals surface area contributed by atoms with Gasteiger partial charge in [-0.25, -0.2) is 9.97 Å². The lowest BCUT2D eigenvalue weighted by Crippen LogP contribution is -2.60. The van der Waals surface area contributed by atoms with Gasteiger partial charge in [0.15, 0.2) is 5.82 Å². The van der Waals surface area contributed by atoms with Gasteiger partial charge in [0, 0.05) is 39.3 Å². The van der Waals surface area contributed by atoms with E-state index in [1.54, 1.807) is 24.1 Å². The number of hydrogen-bond donors (Lipinski definition) is 0. The number of alkyl halides is 3. The number of halogens is 3. The zero-order chi connectivity index (χ0) is 19.2. The smallest absolute Gasteiger partial charge is 0.347 e. The van der Waals surface area contributed by atoms with Crippen molar-refractivity contribution in [3.63, 3.8) is 0 Å². The van der Waals surface area contributed by atoms with Crippen LogP contribution in [0.15, 0.2) is 36.7 Å². The molecular weight excluding hydrogens is 359 g/mol. The Balaban J connectivity index is 1.69. The maximum atomic E-state index is 12.8. The molecule has 0 radical (unpaired) electrons. The first-order valence-electron chi connectivity index (χ1n) is 8.62. The maximum absolute atomic E-state index is 12.8. The van der Waals surface area contributed by atoms with Gasteiger partial charge in [0.1, 0.15) is 5.69 Å². The average molecular weight is 377 g/mol. The van der Waals surface area contributed by atoms with E-state index in [0.29, 0.717) is 31.9 Å². The monoisotopic (exact) mass is 377 g/mol. The number of hydrogen-bond acceptors (Lipinski definition) is 5. The van der Waals surface area contributed by atoms with Crippen molar-refractivity contribution >= 4 is 23.1 Å². The third-order valence-electron chi connectivity index (χ3n) is 5.00. The molecule has 6 nitrogen and oxygen atoms in total. The topological polar surface area (TPSA) is 52.6 Å². The molecule has 27 heavy (non-hydrogen) atoms. The van der Waals surface area contributed by atoms with Crippen LogP contribution >= 0.6 is 0 Å². The van der Waals surface area contributed by atoms with E-state index in [2.05, 4.69) is 14.9 Å². The number of nitrogens with zero attached hydrogens (tertiary/aromatic N) is 5. The van der Waals surface area contributed by atoms with Gasteiger partial charge >= 0.3 is 6.18 Å². The Bertz CT molecular complexity index is 855. The van der Waals surface area contributed by atoms with Crippen LogP contribution in [0.5, 0.6) is 0 Å². The van der Waals surface area contributed by atoms with Crippen LogP contribution in [0.4, 0.5) is 30.4 Å². The molecule has 0 aromatic carbocycles. The van der Waals surface area contributed by atoms with E-state index in [1.165, 1.54) is 12.3 Å². The number of pyridine rings is 2. The standard InChI is InChI=1S/C18H18F3N5O/c1-12(27)24-7-8-25-14(10-24)11-26(15-3-2-6-22-17(15)25)13-4-5-16(23-9-13)18(19,20)21/h2-6,9,14H,7-8,10-11H2,1H3. The van der Waals surface area contributed by atoms with Gasteiger partial charge < -0.3 is 14.7 Å². The quantitative estimate of drug-likeness (QED) is 0.765. The molecule has 2 aliphatic heterocycles. The molecule has 0 aliphatic carbocycles. The van der Waals surface area contributed by atoms with Crippen LogP contribution in [-0.4, -0.2) is 53.0 Å². The molecule has 142 valence electrons. The van der Waals surface area contributed by atoms with Gasteiger partial charge in [-0.1, -0.05) is 0 Å². The molecule has 0 N–H and O–H groups in total. The van der Waals surface area contributed by atoms with Gasteiger partial charge in [0.2, 0.25) is 5.91 Å². The van der Waals surface area contributed by atoms with E-state index in [0.717, 1.165) is 17.6 Å². The van der Waals surface area contributed by atoms with E-state index >= 15 is 0 Å². The highest BCUT2D eigenvalue weighted by Crippen LogP contribution is 2.39. The average Bonchev–Trinajstić information content (AvgIpc) is 2.66. The number of carbonyl (C=O) groups excluding carboxylic acids is 1. The van der Waals surface area contributed by atoms with Gasteiger partial charge in [-0.3, -0.25) is 4.79 Å². The number of piperazine rings is 1. The normalized spacial score (nSPS) is 19.6. The molecule has 2 aromatic rings. The molecule has 4 heterocycles. The van der Waals surface area contributed by atoms with Crippen molar-refractivity contribution in [1.82, 2.24) is 14.9 Å². The molecule has 1 fully saturated rings. The Morgan fingerprint density at radius 2 is 1.96 bits per heavy atom. The van der Waals surface area contributed by atoms with Crippen molar-refractivity contribution in [3.05, 3.63) is 42.4 Å². The minimum Gasteiger partial charge on any atom is -0.347 e. The van der Waals surface area contributed by atoms with E-state index in [9.17, 15) is 18.0 Å². The molecule has 0 spiro atoms. The molecule has 1 unspecified atom stereocenters. The fourth-order valence-electron chi connectivity index (χ4n) is 3.66. The molecular formula is C18H18F3N5O. The molecule has 4 rings (SSSR count). The van der Waals surface area contributed by atoms with Crippen molar-refractivity contribution in [3.8, 4) is 0 Å². The van der Waals surface area contributed by atoms with Gasteiger partial charge in [-0.2, -0.15) is 13.2 Å². The Morgan fingerprint density at radius 3 is 2.63 bits per heavy atom. The molecule has 1 amide bonds. The second-order valence-electron chi connectivity index (χ2n) is 6.67. The van der Waals surface area contributed by atoms with Gasteiger partial charge in [-0.05, 0) is 24.3 Å². The van der Waals surface area contributed by atoms with Crippen LogP contribution in [-0.2, 0) is 11.0 Å². The van der Waals surface area contributed by atoms with Crippen molar-refractivity contribution < 1.29 is 18.0 Å². The SMILES string of the molecule is CC(=O)N1CCN2c3ncccc3N(c3ccc(C(F)(F)F)nc3)CC2C1. The summed E-state index contributed by atoms with van der Waals surface area (Å²) in [4.78, 5) is 25.7. The molecule has 1 saturated heterocycles. The van der Waals surface area contributed by atoms with Crippen LogP contribution in [0, 0.1) is 0 Å². The Morgan fingerprint density at radius 1 is 1.15 bits per heavy atom. The lowest BCUT2D eigenvalue weighted by Gasteiger charge is -2.48. The molecule has 9 heteroatoms. The van der Waals surface area contributed by atoms with Crippen molar-refractivity contribution in [2.75, 3.05) is 36.0 Å². The predicted molar refractivity (Wildman–Crippen MR) is 93.9 cm³/mol. The highest BCUT2D eigenvalue weighted by molar-refractivity contribution is 5.78. The summed E-state index contributed by atoms with van der Waals surface area (Å²) in [7, 11) is 0. The molecule has 2 aromatic heterocycles. The molecule has 2 aliphatic rings. The van der Waals surface area contributed by atoms with E-state index < -0.39 is 11.9 Å². The fourth-order valence-corrected chi connectivity index (χ4v) is 3.66. The fraction of sp³-hybridized carbons (Fsp3) is 0.389. The zero-order valence-corrected chi connectivity index (χ0v) is 14.6. The van der Waals surface area contributed by atoms with Gasteiger partial charge in [-0.15, -0.1) is 0 Å². The summed E-state index contributed by atoms with van der Waals surface area (Å²) in [5.74, 6) is 0.793. The second kappa shape index (κ2) is 6.40. The predicted octanol–water partition coefficient (Wildman–Crippen LogP) is 2.68. The summed E-state index contributed by atoms with van der Waals surface area (Å²) < 4.78 is 38.4. The van der Waals surface area contributed by atoms with E-state index in [1.807, 2.05) is 11.0 Å². The Labute approximate surface area is 154 Å². The lowest BCUT2D eigenvalue weighted by atomic mass is 10.1. The summed E-state index contributed by atoms with van der Waals surface area (Å²) in [5, 5.41) is 0. The number of carbonyl (C=O) groups is 1. The number of anilines is 3. The van der Waals surface area contributed by atoms with Crippen LogP contribution < -0.4 is 9.80 Å². The van der Waals surface area contributed by atoms with Crippen LogP contribution in [0.2, 0.25) is 0 Å². The van der Waals surface area contributed by atoms with Crippen molar-refractivity contribution in [1.29, 1.82) is 0 Å². The Kier molecular flexibility index (Phi) is 4.16. The summed E-state index contributed by atoms with van der Waals surface area (Å²) >= 11 is 0. The first-order chi connectivity index (χ1) is 12.8. The Hall–Kier alpha value is -2.84. The van der Waals surface area contributed by atoms with Gasteiger partial charge in [0.05, 0.1) is 23.6 Å². The third kappa shape index (κ3) is 3.17. The highest BCUT2D eigenvalue weighted by atomic mass is 19.4. The number of rotatable bonds is 1. The van der Waals surface area contributed by atoms with Crippen molar-refractivity contribution in [2.24, 2.45) is 0 Å². The molecule has 0 saturated carbocycles. The number of fused-ring (bicyclic) bond motifs is 3. The van der Waals surface area contributed by atoms with Crippen LogP contribution in [0.1, 0.15) is 12.6 Å². The van der Waals surface area contributed by atoms with E-state index in [-0.39, 0.29) is 11.9 Å². The zero-order valence-electron chi connectivity index (χ0n) is 14.6. The summed E-state index contributed by atoms with van der Waals surface area (Å²) in [5.41, 5.74) is 0.472. The summed E-state index contributed by atoms with van der Waals surface area (Å²) in [6.07, 6.45) is -1.54. The molecule has 1 atom stereocenters. The summed E-state index contributed by atoms with van der Waals surface area (Å²) in [6.45, 7) is 3.94. The molecule has 0 bridgehead atoms. The first-order valence-corrected chi connectivity index (χ1v) is 8.62.